The molecule has 130 valence electrons. The number of benzene rings is 2. The molecule has 0 aliphatic carbocycles. The van der Waals surface area contributed by atoms with Gasteiger partial charge in [0.1, 0.15) is 6.10 Å². The van der Waals surface area contributed by atoms with E-state index in [9.17, 15) is 8.42 Å². The summed E-state index contributed by atoms with van der Waals surface area (Å²) in [6, 6.07) is 15.5. The highest BCUT2D eigenvalue weighted by atomic mass is 35.5. The van der Waals surface area contributed by atoms with Gasteiger partial charge in [-0.2, -0.15) is 8.42 Å². The number of halogens is 1. The van der Waals surface area contributed by atoms with Gasteiger partial charge in [-0.15, -0.1) is 0 Å². The minimum absolute atomic E-state index is 0.425. The van der Waals surface area contributed by atoms with Crippen LogP contribution in [0.25, 0.3) is 11.1 Å². The lowest BCUT2D eigenvalue weighted by atomic mass is 9.99. The quantitative estimate of drug-likeness (QED) is 0.450. The van der Waals surface area contributed by atoms with Crippen LogP contribution >= 0.6 is 11.6 Å². The molecule has 0 amide bonds. The molecule has 0 bridgehead atoms. The van der Waals surface area contributed by atoms with Gasteiger partial charge >= 0.3 is 0 Å². The van der Waals surface area contributed by atoms with Gasteiger partial charge in [0.15, 0.2) is 0 Å². The summed E-state index contributed by atoms with van der Waals surface area (Å²) in [5.74, 6) is 0. The molecule has 2 rings (SSSR count). The van der Waals surface area contributed by atoms with Crippen molar-refractivity contribution < 1.29 is 12.6 Å². The zero-order chi connectivity index (χ0) is 17.6. The molecule has 0 heterocycles. The first-order chi connectivity index (χ1) is 11.4. The molecule has 5 heteroatoms. The SMILES string of the molecule is CCCCCC(OS(C)(=O)=O)c1ccc(-c2ccc(Cl)cc2)cc1. The van der Waals surface area contributed by atoms with Gasteiger partial charge in [0, 0.05) is 5.02 Å². The highest BCUT2D eigenvalue weighted by molar-refractivity contribution is 7.86. The minimum atomic E-state index is -3.49. The van der Waals surface area contributed by atoms with E-state index >= 15 is 0 Å². The fourth-order valence-corrected chi connectivity index (χ4v) is 3.35. The second-order valence-electron chi connectivity index (χ2n) is 5.91. The molecule has 0 aliphatic heterocycles. The zero-order valence-electron chi connectivity index (χ0n) is 14.0. The average molecular weight is 367 g/mol. The molecule has 2 aromatic carbocycles. The Hall–Kier alpha value is -1.36. The number of rotatable bonds is 8. The van der Waals surface area contributed by atoms with Gasteiger partial charge in [0.05, 0.1) is 6.26 Å². The van der Waals surface area contributed by atoms with Gasteiger partial charge in [0.25, 0.3) is 10.1 Å². The monoisotopic (exact) mass is 366 g/mol. The summed E-state index contributed by atoms with van der Waals surface area (Å²) in [5.41, 5.74) is 3.01. The van der Waals surface area contributed by atoms with E-state index in [1.54, 1.807) is 0 Å². The van der Waals surface area contributed by atoms with E-state index in [0.29, 0.717) is 11.4 Å². The lowest BCUT2D eigenvalue weighted by molar-refractivity contribution is 0.200. The summed E-state index contributed by atoms with van der Waals surface area (Å²) in [6.07, 6.45) is 4.46. The molecular weight excluding hydrogens is 344 g/mol. The fraction of sp³-hybridized carbons (Fsp3) is 0.368. The lowest BCUT2D eigenvalue weighted by Crippen LogP contribution is -2.10. The summed E-state index contributed by atoms with van der Waals surface area (Å²) in [6.45, 7) is 2.12. The summed E-state index contributed by atoms with van der Waals surface area (Å²) < 4.78 is 28.4. The molecule has 0 N–H and O–H groups in total. The Labute approximate surface area is 149 Å². The molecule has 3 nitrogen and oxygen atoms in total. The van der Waals surface area contributed by atoms with E-state index < -0.39 is 16.2 Å². The van der Waals surface area contributed by atoms with E-state index in [-0.39, 0.29) is 0 Å². The molecule has 0 fully saturated rings. The van der Waals surface area contributed by atoms with E-state index in [0.717, 1.165) is 42.2 Å². The van der Waals surface area contributed by atoms with E-state index in [1.165, 1.54) is 0 Å². The second kappa shape index (κ2) is 8.65. The maximum Gasteiger partial charge on any atom is 0.264 e. The Kier molecular flexibility index (Phi) is 6.84. The first-order valence-electron chi connectivity index (χ1n) is 8.13. The maximum atomic E-state index is 11.5. The van der Waals surface area contributed by atoms with Crippen LogP contribution < -0.4 is 0 Å². The molecule has 1 atom stereocenters. The summed E-state index contributed by atoms with van der Waals surface area (Å²) in [4.78, 5) is 0. The third-order valence-corrected chi connectivity index (χ3v) is 4.65. The molecule has 0 aromatic heterocycles. The Bertz CT molecular complexity index is 737. The van der Waals surface area contributed by atoms with Crippen molar-refractivity contribution in [2.75, 3.05) is 6.26 Å². The number of unbranched alkanes of at least 4 members (excludes halogenated alkanes) is 2. The largest absolute Gasteiger partial charge is 0.264 e. The van der Waals surface area contributed by atoms with E-state index in [1.807, 2.05) is 48.5 Å². The van der Waals surface area contributed by atoms with Gasteiger partial charge < -0.3 is 0 Å². The smallest absolute Gasteiger partial charge is 0.262 e. The molecule has 0 aliphatic rings. The highest BCUT2D eigenvalue weighted by Crippen LogP contribution is 2.28. The number of hydrogen-bond acceptors (Lipinski definition) is 3. The van der Waals surface area contributed by atoms with Gasteiger partial charge in [-0.05, 0) is 35.2 Å². The fourth-order valence-electron chi connectivity index (χ4n) is 2.59. The lowest BCUT2D eigenvalue weighted by Gasteiger charge is -2.17. The molecule has 0 radical (unpaired) electrons. The standard InChI is InChI=1S/C19H23ClO3S/c1-3-4-5-6-19(23-24(2,21)22)17-9-7-15(8-10-17)16-11-13-18(20)14-12-16/h7-14,19H,3-6H2,1-2H3. The predicted octanol–water partition coefficient (Wildman–Crippen LogP) is 5.60. The van der Waals surface area contributed by atoms with Crippen molar-refractivity contribution in [1.82, 2.24) is 0 Å². The van der Waals surface area contributed by atoms with E-state index in [2.05, 4.69) is 6.92 Å². The van der Waals surface area contributed by atoms with Gasteiger partial charge in [-0.3, -0.25) is 4.18 Å². The van der Waals surface area contributed by atoms with Crippen LogP contribution in [0.1, 0.15) is 44.3 Å². The topological polar surface area (TPSA) is 43.4 Å². The zero-order valence-corrected chi connectivity index (χ0v) is 15.6. The van der Waals surface area contributed by atoms with Crippen LogP contribution in [0.2, 0.25) is 5.02 Å². The normalized spacial score (nSPS) is 13.0. The Morgan fingerprint density at radius 3 is 2.00 bits per heavy atom. The van der Waals surface area contributed by atoms with Gasteiger partial charge in [0.2, 0.25) is 0 Å². The van der Waals surface area contributed by atoms with Crippen LogP contribution in [-0.2, 0) is 14.3 Å². The molecular formula is C19H23ClO3S. The second-order valence-corrected chi connectivity index (χ2v) is 7.95. The van der Waals surface area contributed by atoms with Crippen molar-refractivity contribution in [3.05, 3.63) is 59.1 Å². The Morgan fingerprint density at radius 1 is 0.958 bits per heavy atom. The summed E-state index contributed by atoms with van der Waals surface area (Å²) in [5, 5.41) is 0.702. The Balaban J connectivity index is 2.18. The van der Waals surface area contributed by atoms with Crippen LogP contribution in [0.5, 0.6) is 0 Å². The highest BCUT2D eigenvalue weighted by Gasteiger charge is 2.17. The van der Waals surface area contributed by atoms with Crippen molar-refractivity contribution in [3.63, 3.8) is 0 Å². The molecule has 24 heavy (non-hydrogen) atoms. The first kappa shape index (κ1) is 19.0. The maximum absolute atomic E-state index is 11.5. The average Bonchev–Trinajstić information content (AvgIpc) is 2.54. The van der Waals surface area contributed by atoms with Crippen LogP contribution in [0.15, 0.2) is 48.5 Å². The summed E-state index contributed by atoms with van der Waals surface area (Å²) >= 11 is 5.91. The van der Waals surface area contributed by atoms with Gasteiger partial charge in [-0.1, -0.05) is 74.2 Å². The van der Waals surface area contributed by atoms with Crippen molar-refractivity contribution in [1.29, 1.82) is 0 Å². The minimum Gasteiger partial charge on any atom is -0.262 e. The van der Waals surface area contributed by atoms with Crippen LogP contribution in [-0.4, -0.2) is 14.7 Å². The molecule has 0 saturated carbocycles. The summed E-state index contributed by atoms with van der Waals surface area (Å²) in [7, 11) is -3.49. The van der Waals surface area contributed by atoms with Crippen LogP contribution in [0, 0.1) is 0 Å². The Morgan fingerprint density at radius 2 is 1.50 bits per heavy atom. The predicted molar refractivity (Wildman–Crippen MR) is 99.7 cm³/mol. The molecule has 2 aromatic rings. The van der Waals surface area contributed by atoms with Crippen molar-refractivity contribution in [2.24, 2.45) is 0 Å². The van der Waals surface area contributed by atoms with Crippen molar-refractivity contribution in [3.8, 4) is 11.1 Å². The van der Waals surface area contributed by atoms with Crippen LogP contribution in [0.3, 0.4) is 0 Å². The van der Waals surface area contributed by atoms with Crippen molar-refractivity contribution >= 4 is 21.7 Å². The molecule has 0 saturated heterocycles. The first-order valence-corrected chi connectivity index (χ1v) is 10.3. The van der Waals surface area contributed by atoms with Crippen molar-refractivity contribution in [2.45, 2.75) is 38.7 Å². The number of hydrogen-bond donors (Lipinski definition) is 0. The van der Waals surface area contributed by atoms with Gasteiger partial charge in [-0.25, -0.2) is 0 Å². The van der Waals surface area contributed by atoms with E-state index in [4.69, 9.17) is 15.8 Å². The molecule has 1 unspecified atom stereocenters. The molecule has 0 spiro atoms. The van der Waals surface area contributed by atoms with Crippen LogP contribution in [0.4, 0.5) is 0 Å². The third-order valence-electron chi connectivity index (χ3n) is 3.82. The third kappa shape index (κ3) is 5.93.